The van der Waals surface area contributed by atoms with E-state index < -0.39 is 0 Å². The van der Waals surface area contributed by atoms with Gasteiger partial charge in [0, 0.05) is 11.2 Å². The third kappa shape index (κ3) is 2.96. The van der Waals surface area contributed by atoms with E-state index in [0.29, 0.717) is 26.0 Å². The van der Waals surface area contributed by atoms with Crippen molar-refractivity contribution in [2.75, 3.05) is 0 Å². The molecule has 7 nitrogen and oxygen atoms in total. The van der Waals surface area contributed by atoms with Crippen LogP contribution in [0.1, 0.15) is 11.1 Å². The number of benzene rings is 2. The summed E-state index contributed by atoms with van der Waals surface area (Å²) in [5.74, 6) is 0.161. The van der Waals surface area contributed by atoms with Crippen LogP contribution in [0.25, 0.3) is 11.0 Å². The van der Waals surface area contributed by atoms with Crippen molar-refractivity contribution in [3.8, 4) is 5.75 Å². The maximum absolute atomic E-state index is 11.3. The van der Waals surface area contributed by atoms with Gasteiger partial charge in [-0.05, 0) is 62.3 Å². The number of hydrogen-bond donors (Lipinski definition) is 1. The van der Waals surface area contributed by atoms with Crippen LogP contribution >= 0.6 is 15.9 Å². The van der Waals surface area contributed by atoms with Gasteiger partial charge in [-0.25, -0.2) is 0 Å². The minimum Gasteiger partial charge on any atom is -0.507 e. The van der Waals surface area contributed by atoms with Gasteiger partial charge in [-0.1, -0.05) is 0 Å². The third-order valence-corrected chi connectivity index (χ3v) is 3.50. The number of nitrogens with zero attached hydrogens (tertiary/aromatic N) is 4. The number of aromatic nitrogens is 2. The molecule has 3 aromatic rings. The molecule has 110 valence electrons. The molecular weight excluding hydrogens is 352 g/mol. The topological polar surface area (TPSA) is 97.9 Å². The fourth-order valence-corrected chi connectivity index (χ4v) is 2.17. The van der Waals surface area contributed by atoms with Gasteiger partial charge in [-0.3, -0.25) is 4.63 Å². The highest BCUT2D eigenvalue weighted by Crippen LogP contribution is 2.23. The van der Waals surface area contributed by atoms with E-state index in [0.717, 1.165) is 5.56 Å². The maximum atomic E-state index is 11.3. The second-order valence-corrected chi connectivity index (χ2v) is 5.23. The van der Waals surface area contributed by atoms with Crippen LogP contribution in [0.5, 0.6) is 5.75 Å². The molecule has 0 aliphatic carbocycles. The Morgan fingerprint density at radius 1 is 1.14 bits per heavy atom. The van der Waals surface area contributed by atoms with Crippen molar-refractivity contribution in [2.45, 2.75) is 0 Å². The highest BCUT2D eigenvalue weighted by Gasteiger charge is 2.08. The minimum absolute atomic E-state index is 0.161. The van der Waals surface area contributed by atoms with Gasteiger partial charge in [0.15, 0.2) is 0 Å². The number of aromatic hydroxyl groups is 1. The van der Waals surface area contributed by atoms with Crippen LogP contribution in [-0.4, -0.2) is 22.7 Å². The van der Waals surface area contributed by atoms with Crippen LogP contribution in [0.2, 0.25) is 0 Å². The number of phenolic OH excluding ortho intramolecular Hbond substituents is 1. The molecule has 0 bridgehead atoms. The van der Waals surface area contributed by atoms with Crippen molar-refractivity contribution in [1.82, 2.24) is 5.16 Å². The summed E-state index contributed by atoms with van der Waals surface area (Å²) in [6.45, 7) is 0. The molecule has 0 saturated carbocycles. The van der Waals surface area contributed by atoms with Gasteiger partial charge in [0.05, 0.1) is 16.9 Å². The number of fused-ring (bicyclic) bond motifs is 1. The maximum Gasteiger partial charge on any atom is 0.248 e. The Kier molecular flexibility index (Phi) is 3.84. The Morgan fingerprint density at radius 3 is 2.55 bits per heavy atom. The summed E-state index contributed by atoms with van der Waals surface area (Å²) in [5.41, 5.74) is 2.29. The van der Waals surface area contributed by atoms with Crippen molar-refractivity contribution in [2.24, 2.45) is 10.2 Å². The van der Waals surface area contributed by atoms with Crippen molar-refractivity contribution >= 4 is 39.4 Å². The molecule has 1 N–H and O–H groups in total. The second kappa shape index (κ2) is 5.94. The van der Waals surface area contributed by atoms with Crippen LogP contribution in [0.15, 0.2) is 55.7 Å². The Balaban J connectivity index is 1.76. The van der Waals surface area contributed by atoms with E-state index in [1.165, 1.54) is 6.21 Å². The van der Waals surface area contributed by atoms with Crippen molar-refractivity contribution in [3.63, 3.8) is 0 Å². The molecule has 1 heterocycles. The highest BCUT2D eigenvalue weighted by molar-refractivity contribution is 9.10. The standard InChI is InChI=1S/C14H9BrN4O3/c15-11-5-9(2-4-14(11)20)7-16-17-8-10-1-3-12-13(6-10)19(21)22-18-12/h1-8,20H/b16-7+,17-8+. The first kappa shape index (κ1) is 14.2. The van der Waals surface area contributed by atoms with E-state index in [2.05, 4.69) is 35.9 Å². The molecule has 8 heteroatoms. The highest BCUT2D eigenvalue weighted by atomic mass is 79.9. The Bertz CT molecular complexity index is 889. The first-order chi connectivity index (χ1) is 10.6. The number of hydrogen-bond acceptors (Lipinski definition) is 6. The van der Waals surface area contributed by atoms with Crippen molar-refractivity contribution in [1.29, 1.82) is 0 Å². The molecule has 0 atom stereocenters. The Morgan fingerprint density at radius 2 is 1.82 bits per heavy atom. The quantitative estimate of drug-likeness (QED) is 0.440. The number of rotatable bonds is 3. The van der Waals surface area contributed by atoms with Crippen LogP contribution in [0, 0.1) is 5.21 Å². The summed E-state index contributed by atoms with van der Waals surface area (Å²) < 4.78 is 5.07. The fraction of sp³-hybridized carbons (Fsp3) is 0. The lowest BCUT2D eigenvalue weighted by Crippen LogP contribution is -2.22. The Labute approximate surface area is 132 Å². The molecular formula is C14H9BrN4O3. The molecule has 1 aromatic heterocycles. The lowest BCUT2D eigenvalue weighted by molar-refractivity contribution is -0.782. The molecule has 2 aromatic carbocycles. The molecule has 0 aliphatic rings. The van der Waals surface area contributed by atoms with E-state index in [1.807, 2.05) is 0 Å². The predicted octanol–water partition coefficient (Wildman–Crippen LogP) is 2.38. The zero-order valence-corrected chi connectivity index (χ0v) is 12.6. The summed E-state index contributed by atoms with van der Waals surface area (Å²) in [6, 6.07) is 10.0. The SMILES string of the molecule is [O-][n+]1onc2ccc(/C=N/N=C/c3ccc(O)c(Br)c3)cc21. The van der Waals surface area contributed by atoms with E-state index >= 15 is 0 Å². The zero-order valence-electron chi connectivity index (χ0n) is 11.0. The average molecular weight is 361 g/mol. The van der Waals surface area contributed by atoms with Gasteiger partial charge < -0.3 is 10.3 Å². The lowest BCUT2D eigenvalue weighted by Gasteiger charge is -1.96. The van der Waals surface area contributed by atoms with E-state index in [-0.39, 0.29) is 5.75 Å². The smallest absolute Gasteiger partial charge is 0.248 e. The summed E-state index contributed by atoms with van der Waals surface area (Å²) in [7, 11) is 0. The van der Waals surface area contributed by atoms with Gasteiger partial charge in [0.1, 0.15) is 5.75 Å². The van der Waals surface area contributed by atoms with Gasteiger partial charge in [0.2, 0.25) is 11.0 Å². The molecule has 0 fully saturated rings. The second-order valence-electron chi connectivity index (χ2n) is 4.38. The molecule has 0 radical (unpaired) electrons. The van der Waals surface area contributed by atoms with E-state index in [1.54, 1.807) is 42.6 Å². The first-order valence-electron chi connectivity index (χ1n) is 6.18. The predicted molar refractivity (Wildman–Crippen MR) is 84.0 cm³/mol. The van der Waals surface area contributed by atoms with Crippen LogP contribution in [-0.2, 0) is 0 Å². The molecule has 0 saturated heterocycles. The Hall–Kier alpha value is -2.74. The van der Waals surface area contributed by atoms with Gasteiger partial charge in [0.25, 0.3) is 0 Å². The third-order valence-electron chi connectivity index (χ3n) is 2.86. The van der Waals surface area contributed by atoms with Crippen LogP contribution in [0.4, 0.5) is 0 Å². The van der Waals surface area contributed by atoms with E-state index in [9.17, 15) is 10.3 Å². The molecule has 22 heavy (non-hydrogen) atoms. The zero-order chi connectivity index (χ0) is 15.5. The van der Waals surface area contributed by atoms with Crippen LogP contribution in [0.3, 0.4) is 0 Å². The molecule has 0 spiro atoms. The van der Waals surface area contributed by atoms with Gasteiger partial charge in [-0.15, -0.1) is 0 Å². The lowest BCUT2D eigenvalue weighted by atomic mass is 10.2. The summed E-state index contributed by atoms with van der Waals surface area (Å²) in [5, 5.41) is 32.1. The fourth-order valence-electron chi connectivity index (χ4n) is 1.77. The molecule has 0 aliphatic heterocycles. The first-order valence-corrected chi connectivity index (χ1v) is 6.97. The molecule has 3 rings (SSSR count). The minimum atomic E-state index is 0.161. The molecule has 0 amide bonds. The molecule has 0 unspecified atom stereocenters. The normalized spacial score (nSPS) is 11.9. The van der Waals surface area contributed by atoms with E-state index in [4.69, 9.17) is 0 Å². The monoisotopic (exact) mass is 360 g/mol. The van der Waals surface area contributed by atoms with Crippen LogP contribution < -0.4 is 4.90 Å². The van der Waals surface area contributed by atoms with Crippen molar-refractivity contribution in [3.05, 3.63) is 57.2 Å². The summed E-state index contributed by atoms with van der Waals surface area (Å²) in [4.78, 5) is 0.337. The number of halogens is 1. The van der Waals surface area contributed by atoms with Gasteiger partial charge in [-0.2, -0.15) is 10.2 Å². The average Bonchev–Trinajstić information content (AvgIpc) is 2.88. The summed E-state index contributed by atoms with van der Waals surface area (Å²) >= 11 is 3.22. The number of phenols is 1. The largest absolute Gasteiger partial charge is 0.507 e. The van der Waals surface area contributed by atoms with Gasteiger partial charge >= 0.3 is 0 Å². The van der Waals surface area contributed by atoms with Crippen molar-refractivity contribution < 1.29 is 14.6 Å². The summed E-state index contributed by atoms with van der Waals surface area (Å²) in [6.07, 6.45) is 3.06.